The first-order chi connectivity index (χ1) is 12.9. The molecule has 7 heteroatoms. The first-order valence-electron chi connectivity index (χ1n) is 9.05. The maximum Gasteiger partial charge on any atom is 0.227 e. The van der Waals surface area contributed by atoms with Gasteiger partial charge < -0.3 is 14.7 Å². The molecule has 1 fully saturated rings. The summed E-state index contributed by atoms with van der Waals surface area (Å²) in [5, 5.41) is 13.0. The second-order valence-electron chi connectivity index (χ2n) is 7.29. The second kappa shape index (κ2) is 7.20. The molecule has 27 heavy (non-hydrogen) atoms. The maximum atomic E-state index is 14.1. The predicted octanol–water partition coefficient (Wildman–Crippen LogP) is 4.33. The van der Waals surface area contributed by atoms with Crippen LogP contribution in [-0.4, -0.2) is 30.8 Å². The van der Waals surface area contributed by atoms with Crippen molar-refractivity contribution in [3.8, 4) is 0 Å². The highest BCUT2D eigenvalue weighted by Crippen LogP contribution is 2.45. The first-order valence-corrected chi connectivity index (χ1v) is 10.8. The van der Waals surface area contributed by atoms with Crippen molar-refractivity contribution < 1.29 is 19.0 Å². The number of anilines is 1. The number of carbonyl (C=O) groups is 1. The van der Waals surface area contributed by atoms with Crippen LogP contribution in [0.25, 0.3) is 0 Å². The number of nitrogens with zero attached hydrogens (tertiary/aromatic N) is 1. The molecule has 1 aromatic carbocycles. The number of ether oxygens (including phenoxy) is 1. The zero-order valence-electron chi connectivity index (χ0n) is 15.3. The molecule has 1 saturated heterocycles. The summed E-state index contributed by atoms with van der Waals surface area (Å²) in [5.74, 6) is -0.235. The van der Waals surface area contributed by atoms with E-state index in [4.69, 9.17) is 4.74 Å². The Kier molecular flexibility index (Phi) is 5.05. The van der Waals surface area contributed by atoms with E-state index in [1.165, 1.54) is 35.2 Å². The Labute approximate surface area is 166 Å². The lowest BCUT2D eigenvalue weighted by atomic mass is 9.86. The Morgan fingerprint density at radius 3 is 2.96 bits per heavy atom. The number of thiophene rings is 1. The SMILES string of the molecule is CC1CC(O)(c2csc(Sc3cc(F)cc4c3N(C)C(=O)CC4)c2)CCO1. The molecule has 2 aromatic rings. The second-order valence-corrected chi connectivity index (χ2v) is 9.54. The molecular formula is C20H22FNO3S2. The van der Waals surface area contributed by atoms with Gasteiger partial charge in [-0.25, -0.2) is 4.39 Å². The molecular weight excluding hydrogens is 385 g/mol. The maximum absolute atomic E-state index is 14.1. The molecule has 2 atom stereocenters. The van der Waals surface area contributed by atoms with Crippen LogP contribution in [0, 0.1) is 5.82 Å². The van der Waals surface area contributed by atoms with Gasteiger partial charge in [0.25, 0.3) is 0 Å². The average molecular weight is 408 g/mol. The molecule has 3 heterocycles. The molecule has 1 N–H and O–H groups in total. The average Bonchev–Trinajstić information content (AvgIpc) is 3.07. The van der Waals surface area contributed by atoms with Crippen molar-refractivity contribution in [3.05, 3.63) is 40.5 Å². The van der Waals surface area contributed by atoms with Crippen molar-refractivity contribution in [1.29, 1.82) is 0 Å². The van der Waals surface area contributed by atoms with Crippen LogP contribution < -0.4 is 4.90 Å². The number of hydrogen-bond donors (Lipinski definition) is 1. The fourth-order valence-corrected chi connectivity index (χ4v) is 6.13. The quantitative estimate of drug-likeness (QED) is 0.823. The van der Waals surface area contributed by atoms with Crippen molar-refractivity contribution in [2.45, 2.75) is 53.4 Å². The van der Waals surface area contributed by atoms with Crippen LogP contribution in [0.15, 0.2) is 32.7 Å². The smallest absolute Gasteiger partial charge is 0.227 e. The summed E-state index contributed by atoms with van der Waals surface area (Å²) < 4.78 is 20.6. The summed E-state index contributed by atoms with van der Waals surface area (Å²) in [5.41, 5.74) is 1.68. The van der Waals surface area contributed by atoms with Crippen LogP contribution in [0.5, 0.6) is 0 Å². The van der Waals surface area contributed by atoms with Crippen LogP contribution in [-0.2, 0) is 21.6 Å². The Morgan fingerprint density at radius 1 is 1.37 bits per heavy atom. The minimum atomic E-state index is -0.874. The highest BCUT2D eigenvalue weighted by molar-refractivity contribution is 8.01. The zero-order chi connectivity index (χ0) is 19.2. The molecule has 4 nitrogen and oxygen atoms in total. The molecule has 2 aliphatic rings. The Bertz CT molecular complexity index is 884. The van der Waals surface area contributed by atoms with Gasteiger partial charge in [0, 0.05) is 31.2 Å². The Morgan fingerprint density at radius 2 is 2.19 bits per heavy atom. The van der Waals surface area contributed by atoms with Gasteiger partial charge in [0.05, 0.1) is 28.2 Å². The van der Waals surface area contributed by atoms with Gasteiger partial charge in [-0.15, -0.1) is 11.3 Å². The van der Waals surface area contributed by atoms with E-state index in [1.807, 2.05) is 18.4 Å². The van der Waals surface area contributed by atoms with Crippen molar-refractivity contribution in [3.63, 3.8) is 0 Å². The normalized spacial score (nSPS) is 25.6. The van der Waals surface area contributed by atoms with Gasteiger partial charge >= 0.3 is 0 Å². The van der Waals surface area contributed by atoms with Gasteiger partial charge in [-0.05, 0) is 48.1 Å². The molecule has 1 amide bonds. The van der Waals surface area contributed by atoms with Gasteiger partial charge in [-0.1, -0.05) is 11.8 Å². The lowest BCUT2D eigenvalue weighted by Gasteiger charge is -2.35. The summed E-state index contributed by atoms with van der Waals surface area (Å²) in [6.07, 6.45) is 2.14. The van der Waals surface area contributed by atoms with Crippen LogP contribution in [0.2, 0.25) is 0 Å². The predicted molar refractivity (Wildman–Crippen MR) is 105 cm³/mol. The van der Waals surface area contributed by atoms with Crippen molar-refractivity contribution in [2.24, 2.45) is 0 Å². The standard InChI is InChI=1S/C20H22FNO3S2/c1-12-10-20(24,5-6-25-12)14-8-18(26-11-14)27-16-9-15(21)7-13-3-4-17(23)22(2)19(13)16/h7-9,11-12,24H,3-6,10H2,1-2H3. The molecule has 2 aliphatic heterocycles. The molecule has 0 saturated carbocycles. The highest BCUT2D eigenvalue weighted by atomic mass is 32.2. The first kappa shape index (κ1) is 18.9. The van der Waals surface area contributed by atoms with E-state index in [0.717, 1.165) is 25.9 Å². The molecule has 1 aromatic heterocycles. The molecule has 0 spiro atoms. The van der Waals surface area contributed by atoms with E-state index in [9.17, 15) is 14.3 Å². The zero-order valence-corrected chi connectivity index (χ0v) is 17.0. The number of amides is 1. The molecule has 0 radical (unpaired) electrons. The van der Waals surface area contributed by atoms with E-state index in [2.05, 4.69) is 0 Å². The Hall–Kier alpha value is -1.41. The topological polar surface area (TPSA) is 49.8 Å². The van der Waals surface area contributed by atoms with Gasteiger partial charge in [0.15, 0.2) is 0 Å². The molecule has 2 unspecified atom stereocenters. The largest absolute Gasteiger partial charge is 0.385 e. The third-order valence-electron chi connectivity index (χ3n) is 5.30. The van der Waals surface area contributed by atoms with Crippen LogP contribution in [0.4, 0.5) is 10.1 Å². The highest BCUT2D eigenvalue weighted by Gasteiger charge is 2.36. The number of rotatable bonds is 3. The molecule has 0 bridgehead atoms. The lowest BCUT2D eigenvalue weighted by molar-refractivity contribution is -0.118. The summed E-state index contributed by atoms with van der Waals surface area (Å²) in [6.45, 7) is 2.51. The molecule has 0 aliphatic carbocycles. The van der Waals surface area contributed by atoms with Crippen LogP contribution in [0.1, 0.15) is 37.3 Å². The molecule has 144 valence electrons. The van der Waals surface area contributed by atoms with Crippen LogP contribution in [0.3, 0.4) is 0 Å². The fraction of sp³-hybridized carbons (Fsp3) is 0.450. The minimum Gasteiger partial charge on any atom is -0.385 e. The van der Waals surface area contributed by atoms with Gasteiger partial charge in [0.1, 0.15) is 5.82 Å². The van der Waals surface area contributed by atoms with E-state index in [0.29, 0.717) is 32.3 Å². The van der Waals surface area contributed by atoms with Crippen molar-refractivity contribution in [1.82, 2.24) is 0 Å². The van der Waals surface area contributed by atoms with Crippen molar-refractivity contribution in [2.75, 3.05) is 18.6 Å². The van der Waals surface area contributed by atoms with Gasteiger partial charge in [-0.2, -0.15) is 0 Å². The fourth-order valence-electron chi connectivity index (χ4n) is 3.86. The van der Waals surface area contributed by atoms with Gasteiger partial charge in [-0.3, -0.25) is 4.79 Å². The van der Waals surface area contributed by atoms with Crippen molar-refractivity contribution >= 4 is 34.7 Å². The summed E-state index contributed by atoms with van der Waals surface area (Å²) >= 11 is 2.98. The minimum absolute atomic E-state index is 0.0228. The summed E-state index contributed by atoms with van der Waals surface area (Å²) in [6, 6.07) is 4.99. The number of benzene rings is 1. The third-order valence-corrected chi connectivity index (χ3v) is 7.41. The Balaban J connectivity index is 1.63. The van der Waals surface area contributed by atoms with E-state index < -0.39 is 5.60 Å². The number of aliphatic hydroxyl groups is 1. The number of carbonyl (C=O) groups excluding carboxylic acids is 1. The van der Waals surface area contributed by atoms with E-state index in [1.54, 1.807) is 11.9 Å². The summed E-state index contributed by atoms with van der Waals surface area (Å²) in [7, 11) is 1.74. The van der Waals surface area contributed by atoms with Crippen LogP contribution >= 0.6 is 23.1 Å². The monoisotopic (exact) mass is 407 g/mol. The lowest BCUT2D eigenvalue weighted by Crippen LogP contribution is -2.37. The summed E-state index contributed by atoms with van der Waals surface area (Å²) in [4.78, 5) is 14.5. The van der Waals surface area contributed by atoms with E-state index in [-0.39, 0.29) is 17.8 Å². The third kappa shape index (κ3) is 3.66. The van der Waals surface area contributed by atoms with E-state index >= 15 is 0 Å². The number of hydrogen-bond acceptors (Lipinski definition) is 5. The molecule has 4 rings (SSSR count). The van der Waals surface area contributed by atoms with Gasteiger partial charge in [0.2, 0.25) is 5.91 Å². The number of halogens is 1. The number of aryl methyl sites for hydroxylation is 1. The number of fused-ring (bicyclic) bond motifs is 1.